The van der Waals surface area contributed by atoms with Gasteiger partial charge in [-0.05, 0) is 140 Å². The molecule has 2 atom stereocenters. The van der Waals surface area contributed by atoms with Crippen LogP contribution >= 0.6 is 22.7 Å². The lowest BCUT2D eigenvalue weighted by atomic mass is 9.36. The Kier molecular flexibility index (Phi) is 9.90. The van der Waals surface area contributed by atoms with E-state index in [-0.39, 0.29) is 39.3 Å². The number of thiophene rings is 2. The number of nitrogens with zero attached hydrogens (tertiary/aromatic N) is 3. The van der Waals surface area contributed by atoms with E-state index in [1.54, 1.807) is 0 Å². The van der Waals surface area contributed by atoms with E-state index in [9.17, 15) is 0 Å². The van der Waals surface area contributed by atoms with Crippen LogP contribution in [-0.4, -0.2) is 12.3 Å². The van der Waals surface area contributed by atoms with Gasteiger partial charge in [0.1, 0.15) is 0 Å². The van der Waals surface area contributed by atoms with Gasteiger partial charge in [-0.1, -0.05) is 170 Å². The van der Waals surface area contributed by atoms with Gasteiger partial charge in [0.25, 0.3) is 6.71 Å². The minimum absolute atomic E-state index is 0.0212. The van der Waals surface area contributed by atoms with E-state index in [2.05, 4.69) is 233 Å². The first-order chi connectivity index (χ1) is 33.0. The lowest BCUT2D eigenvalue weighted by Crippen LogP contribution is -2.60. The molecule has 356 valence electrons. The van der Waals surface area contributed by atoms with Gasteiger partial charge in [0.05, 0.1) is 16.2 Å². The first-order valence-electron chi connectivity index (χ1n) is 26.0. The van der Waals surface area contributed by atoms with Crippen molar-refractivity contribution in [2.24, 2.45) is 0 Å². The van der Waals surface area contributed by atoms with E-state index in [4.69, 9.17) is 0 Å². The van der Waals surface area contributed by atoms with Crippen molar-refractivity contribution in [3.63, 3.8) is 0 Å². The quantitative estimate of drug-likeness (QED) is 0.163. The van der Waals surface area contributed by atoms with Crippen LogP contribution in [0.15, 0.2) is 121 Å². The second-order valence-electron chi connectivity index (χ2n) is 25.8. The van der Waals surface area contributed by atoms with E-state index in [1.807, 2.05) is 22.7 Å². The van der Waals surface area contributed by atoms with Crippen molar-refractivity contribution in [1.82, 2.24) is 0 Å². The summed E-state index contributed by atoms with van der Waals surface area (Å²) in [5.41, 5.74) is 18.8. The molecule has 0 bridgehead atoms. The van der Waals surface area contributed by atoms with Crippen molar-refractivity contribution in [3.8, 4) is 0 Å². The number of hydrogen-bond donors (Lipinski definition) is 0. The van der Waals surface area contributed by atoms with Crippen LogP contribution in [0.4, 0.5) is 44.8 Å². The van der Waals surface area contributed by atoms with Gasteiger partial charge in [-0.2, -0.15) is 0 Å². The maximum atomic E-state index is 2.81. The fourth-order valence-electron chi connectivity index (χ4n) is 12.9. The Bertz CT molecular complexity index is 3420. The van der Waals surface area contributed by atoms with Gasteiger partial charge in [0.15, 0.2) is 0 Å². The highest BCUT2D eigenvalue weighted by Crippen LogP contribution is 2.62. The second-order valence-corrected chi connectivity index (χ2v) is 27.9. The zero-order chi connectivity index (χ0) is 49.2. The Morgan fingerprint density at radius 3 is 1.56 bits per heavy atom. The lowest BCUT2D eigenvalue weighted by Gasteiger charge is -2.51. The first kappa shape index (κ1) is 45.8. The maximum absolute atomic E-state index is 2.81. The molecule has 6 heteroatoms. The predicted molar refractivity (Wildman–Crippen MR) is 309 cm³/mol. The maximum Gasteiger partial charge on any atom is 0.266 e. The van der Waals surface area contributed by atoms with E-state index >= 15 is 0 Å². The van der Waals surface area contributed by atoms with Crippen LogP contribution in [-0.2, 0) is 27.1 Å². The Morgan fingerprint density at radius 2 is 0.971 bits per heavy atom. The molecule has 2 unspecified atom stereocenters. The summed E-state index contributed by atoms with van der Waals surface area (Å²) in [7, 11) is 0. The average Bonchev–Trinajstić information content (AvgIpc) is 3.93. The molecule has 4 aliphatic rings. The van der Waals surface area contributed by atoms with Gasteiger partial charge < -0.3 is 14.7 Å². The second kappa shape index (κ2) is 15.1. The molecule has 6 aromatic carbocycles. The number of anilines is 8. The van der Waals surface area contributed by atoms with Crippen LogP contribution < -0.4 is 30.4 Å². The summed E-state index contributed by atoms with van der Waals surface area (Å²) in [4.78, 5) is 8.18. The zero-order valence-corrected chi connectivity index (χ0v) is 45.7. The molecule has 0 amide bonds. The molecule has 12 rings (SSSR count). The minimum atomic E-state index is -0.104. The predicted octanol–water partition coefficient (Wildman–Crippen LogP) is 17.1. The highest BCUT2D eigenvalue weighted by molar-refractivity contribution is 7.35. The largest absolute Gasteiger partial charge is 0.334 e. The molecule has 3 aliphatic heterocycles. The molecule has 0 N–H and O–H groups in total. The SMILES string of the molecule is CC(C)(C)c1ccc(N2c3cc(N4c5ccccc5C5(C)CCCCC45C)cc4c3B(c3sc5cc(C(C)(C)C)ccc5c3N4c3ccc(C(C)(C)C)cc3)c3c2sc2cc(C(C)(C)C)ccc32)cc1. The van der Waals surface area contributed by atoms with Gasteiger partial charge in [-0.25, -0.2) is 0 Å². The molecule has 1 aliphatic carbocycles. The fourth-order valence-corrected chi connectivity index (χ4v) is 15.6. The summed E-state index contributed by atoms with van der Waals surface area (Å²) >= 11 is 4.02. The Morgan fingerprint density at radius 1 is 0.471 bits per heavy atom. The number of para-hydroxylation sites is 1. The normalized spacial score (nSPS) is 19.9. The molecule has 0 radical (unpaired) electrons. The monoisotopic (exact) mass is 956 g/mol. The average molecular weight is 956 g/mol. The molecule has 3 nitrogen and oxygen atoms in total. The third kappa shape index (κ3) is 6.63. The highest BCUT2D eigenvalue weighted by atomic mass is 32.1. The summed E-state index contributed by atoms with van der Waals surface area (Å²) in [5.74, 6) is 0. The Hall–Kier alpha value is -5.30. The molecule has 8 aromatic rings. The Balaban J connectivity index is 1.23. The molecule has 1 fully saturated rings. The third-order valence-electron chi connectivity index (χ3n) is 17.3. The van der Waals surface area contributed by atoms with E-state index in [1.165, 1.54) is 128 Å². The topological polar surface area (TPSA) is 9.72 Å². The van der Waals surface area contributed by atoms with Gasteiger partial charge in [-0.3, -0.25) is 0 Å². The van der Waals surface area contributed by atoms with E-state index in [0.717, 1.165) is 6.42 Å². The molecule has 0 spiro atoms. The van der Waals surface area contributed by atoms with Crippen molar-refractivity contribution in [2.75, 3.05) is 14.7 Å². The molecule has 2 aromatic heterocycles. The highest BCUT2D eigenvalue weighted by Gasteiger charge is 2.58. The first-order valence-corrected chi connectivity index (χ1v) is 27.6. The van der Waals surface area contributed by atoms with E-state index in [0.29, 0.717) is 0 Å². The molecule has 1 saturated carbocycles. The van der Waals surface area contributed by atoms with Crippen molar-refractivity contribution in [2.45, 2.75) is 155 Å². The fraction of sp³-hybridized carbons (Fsp3) is 0.375. The van der Waals surface area contributed by atoms with Crippen LogP contribution in [0.2, 0.25) is 0 Å². The van der Waals surface area contributed by atoms with Gasteiger partial charge in [-0.15, -0.1) is 22.7 Å². The standard InChI is InChI=1S/C64H70BN3S2/c1-59(2,3)39-21-27-43(28-22-39)66-50-37-45(68-49-20-16-15-19-48(49)63(13)33-17-18-34-64(63,68)14)38-51-55(50)65(57-56(66)47-32-26-42(62(10,11)12)36-53(47)69-57)54-46-31-25-41(61(7,8)9)35-52(46)70-58(54)67(51)44-29-23-40(24-30-44)60(4,5)6/h15-16,19-32,35-38H,17-18,33-34H2,1-14H3. The summed E-state index contributed by atoms with van der Waals surface area (Å²) in [5, 5.41) is 4.04. The van der Waals surface area contributed by atoms with Crippen LogP contribution in [0.25, 0.3) is 20.2 Å². The molecular weight excluding hydrogens is 886 g/mol. The summed E-state index contributed by atoms with van der Waals surface area (Å²) < 4.78 is 4.16. The lowest BCUT2D eigenvalue weighted by molar-refractivity contribution is 0.195. The molecule has 5 heterocycles. The molecular formula is C64H70BN3S2. The minimum Gasteiger partial charge on any atom is -0.334 e. The zero-order valence-electron chi connectivity index (χ0n) is 44.1. The van der Waals surface area contributed by atoms with Gasteiger partial charge >= 0.3 is 0 Å². The van der Waals surface area contributed by atoms with Crippen LogP contribution in [0.1, 0.15) is 150 Å². The van der Waals surface area contributed by atoms with Gasteiger partial charge in [0, 0.05) is 59.1 Å². The van der Waals surface area contributed by atoms with Crippen LogP contribution in [0.5, 0.6) is 0 Å². The van der Waals surface area contributed by atoms with Crippen molar-refractivity contribution >= 4 is 110 Å². The number of fused-ring (bicyclic) bond motifs is 11. The van der Waals surface area contributed by atoms with Crippen molar-refractivity contribution in [1.29, 1.82) is 0 Å². The molecule has 0 saturated heterocycles. The smallest absolute Gasteiger partial charge is 0.266 e. The number of benzene rings is 6. The summed E-state index contributed by atoms with van der Waals surface area (Å²) in [6.45, 7) is 33.2. The number of hydrogen-bond acceptors (Lipinski definition) is 5. The summed E-state index contributed by atoms with van der Waals surface area (Å²) in [6.07, 6.45) is 4.84. The van der Waals surface area contributed by atoms with E-state index < -0.39 is 0 Å². The summed E-state index contributed by atoms with van der Waals surface area (Å²) in [6, 6.07) is 48.6. The van der Waals surface area contributed by atoms with Crippen LogP contribution in [0, 0.1) is 0 Å². The Labute approximate surface area is 426 Å². The van der Waals surface area contributed by atoms with Crippen molar-refractivity contribution in [3.05, 3.63) is 149 Å². The van der Waals surface area contributed by atoms with Gasteiger partial charge in [0.2, 0.25) is 0 Å². The third-order valence-corrected chi connectivity index (χ3v) is 19.6. The number of rotatable bonds is 3. The van der Waals surface area contributed by atoms with Crippen LogP contribution in [0.3, 0.4) is 0 Å². The van der Waals surface area contributed by atoms with Crippen molar-refractivity contribution < 1.29 is 0 Å². The molecule has 70 heavy (non-hydrogen) atoms.